The molecule has 1 unspecified atom stereocenters. The maximum Gasteiger partial charge on any atom is 0.248 e. The highest BCUT2D eigenvalue weighted by molar-refractivity contribution is 5.96. The molecule has 0 bridgehead atoms. The fourth-order valence-corrected chi connectivity index (χ4v) is 5.14. The van der Waals surface area contributed by atoms with Gasteiger partial charge in [0.15, 0.2) is 0 Å². The summed E-state index contributed by atoms with van der Waals surface area (Å²) in [4.78, 5) is 66.9. The Balaban J connectivity index is 2.15. The lowest BCUT2D eigenvalue weighted by atomic mass is 9.97. The molecular formula is C25H43N5O7. The SMILES string of the molecule is CC(C)CC(C)C(=O)N[C@H](C(=O)N1CCC[C@H]1C(=O)N1CCC[C@H]1C(=O)N[C@H](C(N)=O)[C@@H](C)O)[C@@H](C)O. The summed E-state index contributed by atoms with van der Waals surface area (Å²) in [6.07, 6.45) is 0.118. The Bertz CT molecular complexity index is 862. The largest absolute Gasteiger partial charge is 0.391 e. The van der Waals surface area contributed by atoms with E-state index in [-0.39, 0.29) is 24.3 Å². The van der Waals surface area contributed by atoms with Crippen molar-refractivity contribution in [3.63, 3.8) is 0 Å². The zero-order valence-corrected chi connectivity index (χ0v) is 22.5. The Morgan fingerprint density at radius 2 is 1.38 bits per heavy atom. The third-order valence-electron chi connectivity index (χ3n) is 7.06. The zero-order chi connectivity index (χ0) is 28.0. The van der Waals surface area contributed by atoms with Crippen LogP contribution in [0.5, 0.6) is 0 Å². The second-order valence-corrected chi connectivity index (χ2v) is 10.8. The van der Waals surface area contributed by atoms with Gasteiger partial charge in [0.05, 0.1) is 12.2 Å². The van der Waals surface area contributed by atoms with Gasteiger partial charge in [0, 0.05) is 19.0 Å². The Kier molecular flexibility index (Phi) is 10.9. The lowest BCUT2D eigenvalue weighted by molar-refractivity contribution is -0.149. The maximum absolute atomic E-state index is 13.5. The van der Waals surface area contributed by atoms with Gasteiger partial charge in [0.2, 0.25) is 29.5 Å². The van der Waals surface area contributed by atoms with Gasteiger partial charge >= 0.3 is 0 Å². The number of hydrogen-bond donors (Lipinski definition) is 5. The van der Waals surface area contributed by atoms with E-state index in [9.17, 15) is 34.2 Å². The van der Waals surface area contributed by atoms with Crippen molar-refractivity contribution in [3.05, 3.63) is 0 Å². The number of carbonyl (C=O) groups is 5. The predicted octanol–water partition coefficient (Wildman–Crippen LogP) is -1.13. The van der Waals surface area contributed by atoms with Crippen LogP contribution in [-0.4, -0.2) is 99.0 Å². The molecular weight excluding hydrogens is 482 g/mol. The molecule has 0 radical (unpaired) electrons. The van der Waals surface area contributed by atoms with Crippen molar-refractivity contribution in [3.8, 4) is 0 Å². The van der Waals surface area contributed by atoms with Gasteiger partial charge in [-0.15, -0.1) is 0 Å². The van der Waals surface area contributed by atoms with E-state index < -0.39 is 60.0 Å². The molecule has 0 aliphatic carbocycles. The Morgan fingerprint density at radius 1 is 0.838 bits per heavy atom. The van der Waals surface area contributed by atoms with Crippen LogP contribution in [0.4, 0.5) is 0 Å². The van der Waals surface area contributed by atoms with Crippen molar-refractivity contribution >= 4 is 29.5 Å². The first kappa shape index (κ1) is 30.5. The molecule has 2 aliphatic rings. The van der Waals surface area contributed by atoms with Crippen molar-refractivity contribution < 1.29 is 34.2 Å². The number of likely N-dealkylation sites (tertiary alicyclic amines) is 2. The average molecular weight is 526 g/mol. The van der Waals surface area contributed by atoms with Gasteiger partial charge < -0.3 is 36.4 Å². The van der Waals surface area contributed by atoms with Crippen LogP contribution in [0.2, 0.25) is 0 Å². The second kappa shape index (κ2) is 13.2. The topological polar surface area (TPSA) is 182 Å². The van der Waals surface area contributed by atoms with E-state index in [0.29, 0.717) is 38.6 Å². The van der Waals surface area contributed by atoms with Gasteiger partial charge in [-0.25, -0.2) is 0 Å². The van der Waals surface area contributed by atoms with Crippen LogP contribution < -0.4 is 16.4 Å². The Morgan fingerprint density at radius 3 is 1.89 bits per heavy atom. The van der Waals surface area contributed by atoms with E-state index >= 15 is 0 Å². The van der Waals surface area contributed by atoms with Crippen LogP contribution in [0, 0.1) is 11.8 Å². The molecule has 210 valence electrons. The van der Waals surface area contributed by atoms with Gasteiger partial charge in [-0.05, 0) is 51.9 Å². The van der Waals surface area contributed by atoms with Gasteiger partial charge in [-0.2, -0.15) is 0 Å². The first-order valence-electron chi connectivity index (χ1n) is 13.1. The number of carbonyl (C=O) groups excluding carboxylic acids is 5. The molecule has 12 nitrogen and oxygen atoms in total. The molecule has 2 saturated heterocycles. The Hall–Kier alpha value is -2.73. The molecule has 6 N–H and O–H groups in total. The molecule has 37 heavy (non-hydrogen) atoms. The number of primary amides is 1. The van der Waals surface area contributed by atoms with E-state index in [1.165, 1.54) is 23.6 Å². The smallest absolute Gasteiger partial charge is 0.248 e. The number of hydrogen-bond acceptors (Lipinski definition) is 7. The highest BCUT2D eigenvalue weighted by Gasteiger charge is 2.44. The second-order valence-electron chi connectivity index (χ2n) is 10.8. The first-order valence-corrected chi connectivity index (χ1v) is 13.1. The van der Waals surface area contributed by atoms with E-state index in [1.54, 1.807) is 6.92 Å². The number of nitrogens with two attached hydrogens (primary N) is 1. The minimum atomic E-state index is -1.29. The summed E-state index contributed by atoms with van der Waals surface area (Å²) in [5.41, 5.74) is 5.27. The van der Waals surface area contributed by atoms with Crippen molar-refractivity contribution in [1.82, 2.24) is 20.4 Å². The van der Waals surface area contributed by atoms with Crippen LogP contribution >= 0.6 is 0 Å². The standard InChI is InChI=1S/C25H43N5O7/c1-13(2)12-14(3)22(34)28-20(16(5)32)25(37)30-11-7-9-18(30)24(36)29-10-6-8-17(29)23(35)27-19(15(4)31)21(26)33/h13-20,31-32H,6-12H2,1-5H3,(H2,26,33)(H,27,35)(H,28,34)/t14?,15-,16-,17+,18+,19+,20+/m1/s1. The summed E-state index contributed by atoms with van der Waals surface area (Å²) >= 11 is 0. The van der Waals surface area contributed by atoms with Gasteiger partial charge in [-0.3, -0.25) is 24.0 Å². The molecule has 0 aromatic heterocycles. The summed E-state index contributed by atoms with van der Waals surface area (Å²) in [5.74, 6) is -2.83. The van der Waals surface area contributed by atoms with E-state index in [2.05, 4.69) is 10.6 Å². The Labute approximate surface area is 218 Å². The number of nitrogens with one attached hydrogen (secondary N) is 2. The van der Waals surface area contributed by atoms with Gasteiger partial charge in [0.25, 0.3) is 0 Å². The highest BCUT2D eigenvalue weighted by Crippen LogP contribution is 2.26. The number of aliphatic hydroxyl groups excluding tert-OH is 2. The van der Waals surface area contributed by atoms with Gasteiger partial charge in [0.1, 0.15) is 24.2 Å². The summed E-state index contributed by atoms with van der Waals surface area (Å²) in [7, 11) is 0. The van der Waals surface area contributed by atoms with Crippen LogP contribution in [0.3, 0.4) is 0 Å². The molecule has 0 saturated carbocycles. The van der Waals surface area contributed by atoms with Crippen molar-refractivity contribution in [2.75, 3.05) is 13.1 Å². The highest BCUT2D eigenvalue weighted by atomic mass is 16.3. The number of aliphatic hydroxyl groups is 2. The zero-order valence-electron chi connectivity index (χ0n) is 22.5. The molecule has 2 fully saturated rings. The molecule has 7 atom stereocenters. The summed E-state index contributed by atoms with van der Waals surface area (Å²) in [6.45, 7) is 9.08. The third kappa shape index (κ3) is 7.64. The van der Waals surface area contributed by atoms with Crippen LogP contribution in [-0.2, 0) is 24.0 Å². The fourth-order valence-electron chi connectivity index (χ4n) is 5.14. The van der Waals surface area contributed by atoms with E-state index in [0.717, 1.165) is 0 Å². The van der Waals surface area contributed by atoms with Crippen LogP contribution in [0.15, 0.2) is 0 Å². The van der Waals surface area contributed by atoms with Crippen molar-refractivity contribution in [2.24, 2.45) is 17.6 Å². The first-order chi connectivity index (χ1) is 17.3. The van der Waals surface area contributed by atoms with Gasteiger partial charge in [-0.1, -0.05) is 20.8 Å². The number of nitrogens with zero attached hydrogens (tertiary/aromatic N) is 2. The molecule has 2 rings (SSSR count). The lowest BCUT2D eigenvalue weighted by Gasteiger charge is -2.34. The predicted molar refractivity (Wildman–Crippen MR) is 135 cm³/mol. The summed E-state index contributed by atoms with van der Waals surface area (Å²) in [5, 5.41) is 25.2. The number of rotatable bonds is 11. The van der Waals surface area contributed by atoms with E-state index in [4.69, 9.17) is 5.73 Å². The lowest BCUT2D eigenvalue weighted by Crippen LogP contribution is -2.60. The fraction of sp³-hybridized carbons (Fsp3) is 0.800. The third-order valence-corrected chi connectivity index (χ3v) is 7.06. The maximum atomic E-state index is 13.5. The van der Waals surface area contributed by atoms with Crippen molar-refractivity contribution in [1.29, 1.82) is 0 Å². The molecule has 5 amide bonds. The molecule has 12 heteroatoms. The summed E-state index contributed by atoms with van der Waals surface area (Å²) < 4.78 is 0. The molecule has 0 aromatic rings. The average Bonchev–Trinajstić information content (AvgIpc) is 3.48. The summed E-state index contributed by atoms with van der Waals surface area (Å²) in [6, 6.07) is -4.19. The van der Waals surface area contributed by atoms with Crippen molar-refractivity contribution in [2.45, 2.75) is 103 Å². The van der Waals surface area contributed by atoms with Crippen LogP contribution in [0.25, 0.3) is 0 Å². The molecule has 0 aromatic carbocycles. The molecule has 2 heterocycles. The monoisotopic (exact) mass is 525 g/mol. The molecule has 2 aliphatic heterocycles. The minimum Gasteiger partial charge on any atom is -0.391 e. The number of amides is 5. The van der Waals surface area contributed by atoms with Crippen LogP contribution in [0.1, 0.15) is 66.7 Å². The quantitative estimate of drug-likeness (QED) is 0.226. The normalized spacial score (nSPS) is 23.8. The molecule has 0 spiro atoms. The van der Waals surface area contributed by atoms with E-state index in [1.807, 2.05) is 13.8 Å². The minimum absolute atomic E-state index is 0.284.